The molecule has 1 aliphatic rings. The number of rotatable bonds is 3. The van der Waals surface area contributed by atoms with E-state index in [1.807, 2.05) is 0 Å². The van der Waals surface area contributed by atoms with E-state index in [-0.39, 0.29) is 28.8 Å². The fraction of sp³-hybridized carbons (Fsp3) is 0.385. The number of amides is 2. The van der Waals surface area contributed by atoms with E-state index in [0.29, 0.717) is 6.42 Å². The van der Waals surface area contributed by atoms with Gasteiger partial charge >= 0.3 is 12.0 Å². The van der Waals surface area contributed by atoms with Crippen LogP contribution in [0.2, 0.25) is 0 Å². The number of hydrogen-bond donors (Lipinski definition) is 2. The van der Waals surface area contributed by atoms with E-state index in [1.165, 1.54) is 24.1 Å². The Labute approximate surface area is 122 Å². The first-order valence-corrected chi connectivity index (χ1v) is 8.19. The second-order valence-electron chi connectivity index (χ2n) is 4.95. The third kappa shape index (κ3) is 3.52. The molecule has 1 unspecified atom stereocenters. The molecule has 114 valence electrons. The fourth-order valence-electron chi connectivity index (χ4n) is 2.23. The highest BCUT2D eigenvalue weighted by molar-refractivity contribution is 7.91. The molecule has 1 aromatic carbocycles. The van der Waals surface area contributed by atoms with E-state index in [4.69, 9.17) is 5.11 Å². The summed E-state index contributed by atoms with van der Waals surface area (Å²) < 4.78 is 22.9. The molecule has 1 saturated heterocycles. The normalized spacial score (nSPS) is 20.0. The average Bonchev–Trinajstić information content (AvgIpc) is 2.78. The predicted octanol–water partition coefficient (Wildman–Crippen LogP) is 1.04. The monoisotopic (exact) mass is 312 g/mol. The molecule has 8 heteroatoms. The molecule has 0 bridgehead atoms. The summed E-state index contributed by atoms with van der Waals surface area (Å²) in [4.78, 5) is 24.5. The van der Waals surface area contributed by atoms with Crippen LogP contribution in [0.1, 0.15) is 16.8 Å². The fourth-order valence-corrected chi connectivity index (χ4v) is 4.00. The van der Waals surface area contributed by atoms with Crippen LogP contribution in [0.25, 0.3) is 0 Å². The molecule has 1 aliphatic heterocycles. The number of hydrogen-bond acceptors (Lipinski definition) is 4. The lowest BCUT2D eigenvalue weighted by atomic mass is 10.2. The first-order valence-electron chi connectivity index (χ1n) is 6.37. The number of carbonyl (C=O) groups is 2. The molecule has 2 rings (SSSR count). The van der Waals surface area contributed by atoms with Gasteiger partial charge in [0.15, 0.2) is 9.84 Å². The third-order valence-corrected chi connectivity index (χ3v) is 5.23. The predicted molar refractivity (Wildman–Crippen MR) is 77.2 cm³/mol. The number of aromatic carboxylic acids is 1. The van der Waals surface area contributed by atoms with Crippen LogP contribution >= 0.6 is 0 Å². The van der Waals surface area contributed by atoms with E-state index < -0.39 is 21.8 Å². The van der Waals surface area contributed by atoms with Crippen molar-refractivity contribution in [1.82, 2.24) is 4.90 Å². The molecule has 0 saturated carbocycles. The Morgan fingerprint density at radius 3 is 2.57 bits per heavy atom. The van der Waals surface area contributed by atoms with Crippen LogP contribution in [0.3, 0.4) is 0 Å². The number of carboxylic acid groups (broad SMARTS) is 1. The van der Waals surface area contributed by atoms with Gasteiger partial charge in [0, 0.05) is 13.1 Å². The van der Waals surface area contributed by atoms with Crippen molar-refractivity contribution in [2.75, 3.05) is 23.9 Å². The minimum absolute atomic E-state index is 0.0155. The number of carboxylic acids is 1. The van der Waals surface area contributed by atoms with Gasteiger partial charge in [0.2, 0.25) is 0 Å². The first kappa shape index (κ1) is 15.3. The van der Waals surface area contributed by atoms with E-state index in [9.17, 15) is 18.0 Å². The molecule has 1 heterocycles. The summed E-state index contributed by atoms with van der Waals surface area (Å²) in [5.41, 5.74) is 0.168. The van der Waals surface area contributed by atoms with Gasteiger partial charge < -0.3 is 15.3 Å². The molecule has 0 aliphatic carbocycles. The maximum absolute atomic E-state index is 12.1. The topological polar surface area (TPSA) is 104 Å². The SMILES string of the molecule is CN(C(=O)Nc1ccccc1C(=O)O)C1CCS(=O)(=O)C1. The van der Waals surface area contributed by atoms with E-state index in [2.05, 4.69) is 5.32 Å². The highest BCUT2D eigenvalue weighted by Gasteiger charge is 2.32. The van der Waals surface area contributed by atoms with Crippen LogP contribution in [-0.4, -0.2) is 55.0 Å². The lowest BCUT2D eigenvalue weighted by Crippen LogP contribution is -2.40. The molecule has 7 nitrogen and oxygen atoms in total. The lowest BCUT2D eigenvalue weighted by Gasteiger charge is -2.24. The Kier molecular flexibility index (Phi) is 4.17. The molecular formula is C13H16N2O5S. The number of carbonyl (C=O) groups excluding carboxylic acids is 1. The molecule has 2 N–H and O–H groups in total. The second-order valence-corrected chi connectivity index (χ2v) is 7.18. The smallest absolute Gasteiger partial charge is 0.337 e. The molecule has 0 aromatic heterocycles. The Hall–Kier alpha value is -2.09. The van der Waals surface area contributed by atoms with Crippen molar-refractivity contribution in [2.24, 2.45) is 0 Å². The minimum Gasteiger partial charge on any atom is -0.478 e. The van der Waals surface area contributed by atoms with Gasteiger partial charge in [0.25, 0.3) is 0 Å². The van der Waals surface area contributed by atoms with E-state index >= 15 is 0 Å². The van der Waals surface area contributed by atoms with Gasteiger partial charge in [-0.2, -0.15) is 0 Å². The summed E-state index contributed by atoms with van der Waals surface area (Å²) in [5, 5.41) is 11.6. The molecule has 0 spiro atoms. The van der Waals surface area contributed by atoms with Crippen molar-refractivity contribution in [2.45, 2.75) is 12.5 Å². The second kappa shape index (κ2) is 5.72. The van der Waals surface area contributed by atoms with Gasteiger partial charge in [0.1, 0.15) is 0 Å². The number of benzene rings is 1. The van der Waals surface area contributed by atoms with Crippen molar-refractivity contribution in [3.05, 3.63) is 29.8 Å². The number of sulfone groups is 1. The number of urea groups is 1. The number of nitrogens with zero attached hydrogens (tertiary/aromatic N) is 1. The van der Waals surface area contributed by atoms with Crippen LogP contribution in [0.4, 0.5) is 10.5 Å². The van der Waals surface area contributed by atoms with Gasteiger partial charge in [-0.05, 0) is 18.6 Å². The minimum atomic E-state index is -3.08. The maximum Gasteiger partial charge on any atom is 0.337 e. The van der Waals surface area contributed by atoms with Crippen LogP contribution in [0.5, 0.6) is 0 Å². The summed E-state index contributed by atoms with van der Waals surface area (Å²) >= 11 is 0. The van der Waals surface area contributed by atoms with Crippen LogP contribution < -0.4 is 5.32 Å². The maximum atomic E-state index is 12.1. The van der Waals surface area contributed by atoms with Crippen molar-refractivity contribution in [3.8, 4) is 0 Å². The standard InChI is InChI=1S/C13H16N2O5S/c1-15(9-6-7-21(19,20)8-9)13(18)14-11-5-3-2-4-10(11)12(16)17/h2-5,9H,6-8H2,1H3,(H,14,18)(H,16,17). The van der Waals surface area contributed by atoms with E-state index in [1.54, 1.807) is 12.1 Å². The quantitative estimate of drug-likeness (QED) is 0.867. The molecule has 21 heavy (non-hydrogen) atoms. The molecular weight excluding hydrogens is 296 g/mol. The largest absolute Gasteiger partial charge is 0.478 e. The Morgan fingerprint density at radius 2 is 2.00 bits per heavy atom. The molecule has 1 aromatic rings. The van der Waals surface area contributed by atoms with Gasteiger partial charge in [-0.25, -0.2) is 18.0 Å². The van der Waals surface area contributed by atoms with Gasteiger partial charge in [-0.3, -0.25) is 0 Å². The van der Waals surface area contributed by atoms with Crippen molar-refractivity contribution >= 4 is 27.5 Å². The Morgan fingerprint density at radius 1 is 1.33 bits per heavy atom. The van der Waals surface area contributed by atoms with Crippen molar-refractivity contribution in [3.63, 3.8) is 0 Å². The zero-order valence-corrected chi connectivity index (χ0v) is 12.3. The molecule has 2 amide bonds. The zero-order chi connectivity index (χ0) is 15.6. The summed E-state index contributed by atoms with van der Waals surface area (Å²) in [6, 6.07) is 5.14. The third-order valence-electron chi connectivity index (χ3n) is 3.48. The first-order chi connectivity index (χ1) is 9.80. The molecule has 1 atom stereocenters. The van der Waals surface area contributed by atoms with Crippen LogP contribution in [0.15, 0.2) is 24.3 Å². The van der Waals surface area contributed by atoms with E-state index in [0.717, 1.165) is 0 Å². The number of nitrogens with one attached hydrogen (secondary N) is 1. The molecule has 1 fully saturated rings. The highest BCUT2D eigenvalue weighted by Crippen LogP contribution is 2.19. The summed E-state index contributed by atoms with van der Waals surface area (Å²) in [5.74, 6) is -1.13. The van der Waals surface area contributed by atoms with Gasteiger partial charge in [0.05, 0.1) is 22.8 Å². The summed E-state index contributed by atoms with van der Waals surface area (Å²) in [7, 11) is -1.58. The average molecular weight is 312 g/mol. The number of para-hydroxylation sites is 1. The van der Waals surface area contributed by atoms with Gasteiger partial charge in [-0.1, -0.05) is 12.1 Å². The number of anilines is 1. The van der Waals surface area contributed by atoms with Crippen LogP contribution in [-0.2, 0) is 9.84 Å². The highest BCUT2D eigenvalue weighted by atomic mass is 32.2. The van der Waals surface area contributed by atoms with Crippen LogP contribution in [0, 0.1) is 0 Å². The lowest BCUT2D eigenvalue weighted by molar-refractivity contribution is 0.0698. The zero-order valence-electron chi connectivity index (χ0n) is 11.4. The van der Waals surface area contributed by atoms with Gasteiger partial charge in [-0.15, -0.1) is 0 Å². The Balaban J connectivity index is 2.10. The van der Waals surface area contributed by atoms with Crippen molar-refractivity contribution in [1.29, 1.82) is 0 Å². The summed E-state index contributed by atoms with van der Waals surface area (Å²) in [6.45, 7) is 0. The Bertz CT molecular complexity index is 671. The molecule has 0 radical (unpaired) electrons. The summed E-state index contributed by atoms with van der Waals surface area (Å²) in [6.07, 6.45) is 0.396. The van der Waals surface area contributed by atoms with Crippen molar-refractivity contribution < 1.29 is 23.1 Å².